The van der Waals surface area contributed by atoms with E-state index in [9.17, 15) is 9.90 Å². The number of amides is 1. The van der Waals surface area contributed by atoms with Crippen LogP contribution in [0.1, 0.15) is 59.3 Å². The minimum Gasteiger partial charge on any atom is -0.444 e. The maximum absolute atomic E-state index is 12.2. The lowest BCUT2D eigenvalue weighted by Gasteiger charge is -2.31. The molecule has 0 aromatic carbocycles. The largest absolute Gasteiger partial charge is 0.444 e. The van der Waals surface area contributed by atoms with Crippen molar-refractivity contribution < 1.29 is 14.6 Å². The SMILES string of the molecule is CC(C)(C)OC(=O)NC(CC1CCCCC1)C(O)CSc1cnns1. The smallest absolute Gasteiger partial charge is 0.407 e. The minimum absolute atomic E-state index is 0.300. The van der Waals surface area contributed by atoms with Crippen molar-refractivity contribution >= 4 is 29.4 Å². The van der Waals surface area contributed by atoms with Gasteiger partial charge in [0.05, 0.1) is 18.3 Å². The molecule has 1 aromatic rings. The third-order valence-corrected chi connectivity index (χ3v) is 6.15. The summed E-state index contributed by atoms with van der Waals surface area (Å²) in [7, 11) is 0. The highest BCUT2D eigenvalue weighted by Gasteiger charge is 2.28. The third-order valence-electron chi connectivity index (χ3n) is 4.22. The number of hydrogen-bond donors (Lipinski definition) is 2. The molecular formula is C17H29N3O3S2. The molecule has 1 amide bonds. The second kappa shape index (κ2) is 9.73. The summed E-state index contributed by atoms with van der Waals surface area (Å²) >= 11 is 2.83. The Balaban J connectivity index is 1.92. The maximum Gasteiger partial charge on any atom is 0.407 e. The predicted octanol–water partition coefficient (Wildman–Crippen LogP) is 3.85. The van der Waals surface area contributed by atoms with Crippen molar-refractivity contribution in [3.63, 3.8) is 0 Å². The fourth-order valence-electron chi connectivity index (χ4n) is 3.06. The van der Waals surface area contributed by atoms with Crippen molar-refractivity contribution in [3.8, 4) is 0 Å². The van der Waals surface area contributed by atoms with E-state index in [0.717, 1.165) is 10.6 Å². The minimum atomic E-state index is -0.637. The average Bonchev–Trinajstić information content (AvgIpc) is 3.04. The zero-order valence-electron chi connectivity index (χ0n) is 15.2. The van der Waals surface area contributed by atoms with Crippen LogP contribution in [-0.4, -0.2) is 44.3 Å². The maximum atomic E-state index is 12.2. The zero-order chi connectivity index (χ0) is 18.3. The summed E-state index contributed by atoms with van der Waals surface area (Å²) in [5.41, 5.74) is -0.548. The summed E-state index contributed by atoms with van der Waals surface area (Å²) < 4.78 is 10.2. The first-order chi connectivity index (χ1) is 11.8. The Hall–Kier alpha value is -0.860. The first-order valence-electron chi connectivity index (χ1n) is 8.91. The molecule has 0 saturated heterocycles. The van der Waals surface area contributed by atoms with Gasteiger partial charge in [0.1, 0.15) is 9.81 Å². The number of hydrogen-bond acceptors (Lipinski definition) is 7. The van der Waals surface area contributed by atoms with Crippen molar-refractivity contribution in [3.05, 3.63) is 6.20 Å². The molecule has 2 unspecified atom stereocenters. The summed E-state index contributed by atoms with van der Waals surface area (Å²) in [5.74, 6) is 1.05. The molecule has 142 valence electrons. The number of carbonyl (C=O) groups is 1. The number of nitrogens with one attached hydrogen (secondary N) is 1. The van der Waals surface area contributed by atoms with Crippen LogP contribution in [0.15, 0.2) is 10.4 Å². The molecule has 2 rings (SSSR count). The highest BCUT2D eigenvalue weighted by Crippen LogP contribution is 2.29. The zero-order valence-corrected chi connectivity index (χ0v) is 16.9. The van der Waals surface area contributed by atoms with Crippen molar-refractivity contribution in [2.24, 2.45) is 5.92 Å². The van der Waals surface area contributed by atoms with E-state index in [1.165, 1.54) is 55.4 Å². The quantitative estimate of drug-likeness (QED) is 0.691. The van der Waals surface area contributed by atoms with Gasteiger partial charge in [0.15, 0.2) is 0 Å². The van der Waals surface area contributed by atoms with E-state index < -0.39 is 17.8 Å². The number of aromatic nitrogens is 2. The van der Waals surface area contributed by atoms with Gasteiger partial charge in [-0.2, -0.15) is 0 Å². The van der Waals surface area contributed by atoms with Gasteiger partial charge in [-0.15, -0.1) is 16.9 Å². The molecule has 1 aliphatic rings. The molecule has 6 nitrogen and oxygen atoms in total. The van der Waals surface area contributed by atoms with Gasteiger partial charge in [0.2, 0.25) is 0 Å². The summed E-state index contributed by atoms with van der Waals surface area (Å²) in [4.78, 5) is 12.2. The summed E-state index contributed by atoms with van der Waals surface area (Å²) in [6.07, 6.45) is 7.50. The highest BCUT2D eigenvalue weighted by atomic mass is 32.2. The molecule has 1 saturated carbocycles. The molecule has 0 radical (unpaired) electrons. The molecule has 8 heteroatoms. The molecule has 0 aliphatic heterocycles. The fraction of sp³-hybridized carbons (Fsp3) is 0.824. The van der Waals surface area contributed by atoms with Gasteiger partial charge >= 0.3 is 6.09 Å². The van der Waals surface area contributed by atoms with Crippen LogP contribution in [0.5, 0.6) is 0 Å². The Bertz CT molecular complexity index is 514. The van der Waals surface area contributed by atoms with Crippen molar-refractivity contribution in [1.29, 1.82) is 0 Å². The lowest BCUT2D eigenvalue weighted by molar-refractivity contribution is 0.0416. The summed E-state index contributed by atoms with van der Waals surface area (Å²) in [5, 5.41) is 17.4. The van der Waals surface area contributed by atoms with Gasteiger partial charge in [-0.1, -0.05) is 36.6 Å². The van der Waals surface area contributed by atoms with Crippen molar-refractivity contribution in [1.82, 2.24) is 14.9 Å². The summed E-state index contributed by atoms with van der Waals surface area (Å²) in [6.45, 7) is 5.52. The molecule has 0 spiro atoms. The molecular weight excluding hydrogens is 358 g/mol. The van der Waals surface area contributed by atoms with Crippen molar-refractivity contribution in [2.75, 3.05) is 5.75 Å². The summed E-state index contributed by atoms with van der Waals surface area (Å²) in [6, 6.07) is -0.300. The molecule has 1 aromatic heterocycles. The van der Waals surface area contributed by atoms with Crippen molar-refractivity contribution in [2.45, 2.75) is 81.3 Å². The van der Waals surface area contributed by atoms with E-state index in [2.05, 4.69) is 14.9 Å². The van der Waals surface area contributed by atoms with E-state index in [-0.39, 0.29) is 6.04 Å². The van der Waals surface area contributed by atoms with Gasteiger partial charge in [-0.05, 0) is 44.6 Å². The molecule has 2 N–H and O–H groups in total. The van der Waals surface area contributed by atoms with Gasteiger partial charge in [-0.25, -0.2) is 4.79 Å². The van der Waals surface area contributed by atoms with E-state index in [1.54, 1.807) is 6.20 Å². The van der Waals surface area contributed by atoms with Gasteiger partial charge in [0.25, 0.3) is 0 Å². The molecule has 0 bridgehead atoms. The van der Waals surface area contributed by atoms with Gasteiger partial charge < -0.3 is 15.2 Å². The van der Waals surface area contributed by atoms with Crippen LogP contribution in [0.25, 0.3) is 0 Å². The van der Waals surface area contributed by atoms with Crippen LogP contribution in [-0.2, 0) is 4.74 Å². The van der Waals surface area contributed by atoms with Crippen LogP contribution in [0.2, 0.25) is 0 Å². The molecule has 1 aliphatic carbocycles. The molecule has 1 heterocycles. The van der Waals surface area contributed by atoms with Crippen LogP contribution in [0, 0.1) is 5.92 Å². The number of ether oxygens (including phenoxy) is 1. The first kappa shape index (κ1) is 20.5. The number of thioether (sulfide) groups is 1. The molecule has 1 fully saturated rings. The van der Waals surface area contributed by atoms with E-state index >= 15 is 0 Å². The number of aliphatic hydroxyl groups is 1. The number of rotatable bonds is 7. The monoisotopic (exact) mass is 387 g/mol. The normalized spacial score (nSPS) is 18.6. The van der Waals surface area contributed by atoms with Crippen LogP contribution in [0.4, 0.5) is 4.79 Å². The lowest BCUT2D eigenvalue weighted by atomic mass is 9.84. The van der Waals surface area contributed by atoms with Crippen LogP contribution < -0.4 is 5.32 Å². The Morgan fingerprint density at radius 2 is 2.16 bits per heavy atom. The molecule has 25 heavy (non-hydrogen) atoms. The van der Waals surface area contributed by atoms with E-state index in [0.29, 0.717) is 11.7 Å². The third kappa shape index (κ3) is 7.92. The Morgan fingerprint density at radius 3 is 2.76 bits per heavy atom. The fourth-order valence-corrected chi connectivity index (χ4v) is 4.53. The Morgan fingerprint density at radius 1 is 1.44 bits per heavy atom. The average molecular weight is 388 g/mol. The second-order valence-corrected chi connectivity index (χ2v) is 9.71. The van der Waals surface area contributed by atoms with Crippen LogP contribution in [0.3, 0.4) is 0 Å². The van der Waals surface area contributed by atoms with Gasteiger partial charge in [-0.3, -0.25) is 0 Å². The number of alkyl carbamates (subject to hydrolysis) is 1. The van der Waals surface area contributed by atoms with Crippen LogP contribution >= 0.6 is 23.3 Å². The number of carbonyl (C=O) groups excluding carboxylic acids is 1. The lowest BCUT2D eigenvalue weighted by Crippen LogP contribution is -2.47. The van der Waals surface area contributed by atoms with Gasteiger partial charge in [0, 0.05) is 5.75 Å². The predicted molar refractivity (Wildman–Crippen MR) is 101 cm³/mol. The highest BCUT2D eigenvalue weighted by molar-refractivity contribution is 8.01. The second-order valence-electron chi connectivity index (χ2n) is 7.61. The first-order valence-corrected chi connectivity index (χ1v) is 10.7. The molecule has 2 atom stereocenters. The Kier molecular flexibility index (Phi) is 7.96. The topological polar surface area (TPSA) is 84.3 Å². The van der Waals surface area contributed by atoms with E-state index in [1.807, 2.05) is 20.8 Å². The number of nitrogens with zero attached hydrogens (tertiary/aromatic N) is 2. The number of aliphatic hydroxyl groups excluding tert-OH is 1. The van der Waals surface area contributed by atoms with E-state index in [4.69, 9.17) is 4.74 Å². The Labute approximate surface area is 158 Å². The standard InChI is InChI=1S/C17H29N3O3S2/c1-17(2,3)23-16(22)19-13(9-12-7-5-4-6-8-12)14(21)11-24-15-10-18-20-25-15/h10,12-14,21H,4-9,11H2,1-3H3,(H,19,22).